The van der Waals surface area contributed by atoms with E-state index in [0.717, 1.165) is 16.5 Å². The van der Waals surface area contributed by atoms with Gasteiger partial charge < -0.3 is 9.73 Å². The highest BCUT2D eigenvalue weighted by Gasteiger charge is 2.11. The van der Waals surface area contributed by atoms with Gasteiger partial charge in [-0.05, 0) is 36.2 Å². The maximum Gasteiger partial charge on any atom is 0.277 e. The summed E-state index contributed by atoms with van der Waals surface area (Å²) >= 11 is 4.62. The molecule has 2 aromatic carbocycles. The van der Waals surface area contributed by atoms with Gasteiger partial charge in [-0.2, -0.15) is 0 Å². The number of amides is 1. The largest absolute Gasteiger partial charge is 0.411 e. The minimum absolute atomic E-state index is 0.0516. The lowest BCUT2D eigenvalue weighted by atomic mass is 10.1. The van der Waals surface area contributed by atoms with Crippen molar-refractivity contribution in [2.75, 3.05) is 12.3 Å². The van der Waals surface area contributed by atoms with E-state index < -0.39 is 0 Å². The molecule has 1 N–H and O–H groups in total. The fourth-order valence-electron chi connectivity index (χ4n) is 2.15. The third-order valence-corrected chi connectivity index (χ3v) is 4.75. The summed E-state index contributed by atoms with van der Waals surface area (Å²) in [5.74, 6) is 0.639. The van der Waals surface area contributed by atoms with Crippen LogP contribution in [0.15, 0.2) is 68.7 Å². The van der Waals surface area contributed by atoms with Gasteiger partial charge in [-0.1, -0.05) is 58.0 Å². The van der Waals surface area contributed by atoms with E-state index in [9.17, 15) is 4.79 Å². The number of nitrogens with one attached hydrogen (secondary N) is 1. The average Bonchev–Trinajstić information content (AvgIpc) is 3.10. The van der Waals surface area contributed by atoms with Gasteiger partial charge in [0, 0.05) is 16.6 Å². The van der Waals surface area contributed by atoms with Gasteiger partial charge in [-0.3, -0.25) is 4.79 Å². The number of benzene rings is 2. The van der Waals surface area contributed by atoms with E-state index >= 15 is 0 Å². The first-order valence-electron chi connectivity index (χ1n) is 7.73. The third kappa shape index (κ3) is 5.44. The minimum atomic E-state index is -0.0516. The van der Waals surface area contributed by atoms with Crippen molar-refractivity contribution in [3.05, 3.63) is 64.6 Å². The van der Waals surface area contributed by atoms with Crippen LogP contribution in [0.2, 0.25) is 0 Å². The van der Waals surface area contributed by atoms with Crippen LogP contribution in [-0.2, 0) is 11.2 Å². The van der Waals surface area contributed by atoms with Crippen LogP contribution < -0.4 is 5.32 Å². The second kappa shape index (κ2) is 8.82. The minimum Gasteiger partial charge on any atom is -0.411 e. The number of thioether (sulfide) groups is 1. The summed E-state index contributed by atoms with van der Waals surface area (Å²) in [6.07, 6.45) is 0.811. The summed E-state index contributed by atoms with van der Waals surface area (Å²) in [7, 11) is 0. The molecule has 128 valence electrons. The number of aromatic nitrogens is 2. The molecule has 0 spiro atoms. The lowest BCUT2D eigenvalue weighted by Gasteiger charge is -2.04. The van der Waals surface area contributed by atoms with Gasteiger partial charge in [-0.25, -0.2) is 0 Å². The second-order valence-corrected chi connectivity index (χ2v) is 7.10. The second-order valence-electron chi connectivity index (χ2n) is 5.25. The van der Waals surface area contributed by atoms with Crippen molar-refractivity contribution in [3.63, 3.8) is 0 Å². The Labute approximate surface area is 158 Å². The van der Waals surface area contributed by atoms with E-state index in [-0.39, 0.29) is 11.7 Å². The van der Waals surface area contributed by atoms with Crippen LogP contribution in [-0.4, -0.2) is 28.4 Å². The Bertz CT molecular complexity index is 822. The van der Waals surface area contributed by atoms with Gasteiger partial charge in [0.15, 0.2) is 0 Å². The monoisotopic (exact) mass is 417 g/mol. The Balaban J connectivity index is 1.44. The van der Waals surface area contributed by atoms with E-state index in [2.05, 4.69) is 31.4 Å². The molecular weight excluding hydrogens is 402 g/mol. The summed E-state index contributed by atoms with van der Waals surface area (Å²) in [6.45, 7) is 0.609. The number of rotatable bonds is 7. The van der Waals surface area contributed by atoms with Crippen LogP contribution in [0.1, 0.15) is 5.56 Å². The highest BCUT2D eigenvalue weighted by atomic mass is 79.9. The molecule has 1 amide bonds. The summed E-state index contributed by atoms with van der Waals surface area (Å²) in [6, 6.07) is 17.7. The van der Waals surface area contributed by atoms with Gasteiger partial charge in [0.1, 0.15) is 0 Å². The summed E-state index contributed by atoms with van der Waals surface area (Å²) in [5.41, 5.74) is 2.04. The summed E-state index contributed by atoms with van der Waals surface area (Å²) < 4.78 is 6.56. The van der Waals surface area contributed by atoms with E-state index in [0.29, 0.717) is 17.7 Å². The Hall–Kier alpha value is -2.12. The SMILES string of the molecule is O=C(CSc1nnc(-c2ccc(Br)cc2)o1)NCCc1ccccc1. The van der Waals surface area contributed by atoms with Crippen LogP contribution in [0.4, 0.5) is 0 Å². The van der Waals surface area contributed by atoms with Crippen molar-refractivity contribution in [1.29, 1.82) is 0 Å². The number of carbonyl (C=O) groups excluding carboxylic acids is 1. The smallest absolute Gasteiger partial charge is 0.277 e. The third-order valence-electron chi connectivity index (χ3n) is 3.40. The normalized spacial score (nSPS) is 10.6. The molecule has 0 unspecified atom stereocenters. The Morgan fingerprint density at radius 3 is 2.60 bits per heavy atom. The molecule has 1 aromatic heterocycles. The fourth-order valence-corrected chi connectivity index (χ4v) is 3.00. The van der Waals surface area contributed by atoms with Crippen molar-refractivity contribution in [1.82, 2.24) is 15.5 Å². The molecule has 0 radical (unpaired) electrons. The first kappa shape index (κ1) is 17.7. The van der Waals surface area contributed by atoms with Gasteiger partial charge in [0.25, 0.3) is 5.22 Å². The number of nitrogens with zero attached hydrogens (tertiary/aromatic N) is 2. The molecule has 25 heavy (non-hydrogen) atoms. The van der Waals surface area contributed by atoms with Crippen LogP contribution in [0, 0.1) is 0 Å². The molecule has 0 aliphatic carbocycles. The zero-order chi connectivity index (χ0) is 17.5. The molecule has 0 saturated carbocycles. The molecule has 0 aliphatic heterocycles. The maximum absolute atomic E-state index is 11.9. The lowest BCUT2D eigenvalue weighted by molar-refractivity contribution is -0.118. The van der Waals surface area contributed by atoms with Crippen LogP contribution in [0.25, 0.3) is 11.5 Å². The highest BCUT2D eigenvalue weighted by molar-refractivity contribution is 9.10. The van der Waals surface area contributed by atoms with Crippen molar-refractivity contribution < 1.29 is 9.21 Å². The number of hydrogen-bond acceptors (Lipinski definition) is 5. The van der Waals surface area contributed by atoms with Gasteiger partial charge >= 0.3 is 0 Å². The van der Waals surface area contributed by atoms with Crippen molar-refractivity contribution in [2.45, 2.75) is 11.6 Å². The van der Waals surface area contributed by atoms with Crippen molar-refractivity contribution in [2.24, 2.45) is 0 Å². The zero-order valence-corrected chi connectivity index (χ0v) is 15.7. The van der Waals surface area contributed by atoms with Crippen molar-refractivity contribution in [3.8, 4) is 11.5 Å². The molecule has 0 aliphatic rings. The van der Waals surface area contributed by atoms with Crippen LogP contribution in [0.5, 0.6) is 0 Å². The summed E-state index contributed by atoms with van der Waals surface area (Å²) in [4.78, 5) is 11.9. The number of carbonyl (C=O) groups is 1. The van der Waals surface area contributed by atoms with Gasteiger partial charge in [-0.15, -0.1) is 10.2 Å². The predicted octanol–water partition coefficient (Wildman–Crippen LogP) is 3.95. The molecular formula is C18H16BrN3O2S. The van der Waals surface area contributed by atoms with E-state index in [1.165, 1.54) is 17.3 Å². The predicted molar refractivity (Wildman–Crippen MR) is 101 cm³/mol. The van der Waals surface area contributed by atoms with Crippen molar-refractivity contribution >= 4 is 33.6 Å². The molecule has 5 nitrogen and oxygen atoms in total. The quantitative estimate of drug-likeness (QED) is 0.589. The number of hydrogen-bond donors (Lipinski definition) is 1. The molecule has 0 bridgehead atoms. The Morgan fingerprint density at radius 2 is 1.84 bits per heavy atom. The topological polar surface area (TPSA) is 68.0 Å². The maximum atomic E-state index is 11.9. The number of halogens is 1. The van der Waals surface area contributed by atoms with E-state index in [1.54, 1.807) is 0 Å². The highest BCUT2D eigenvalue weighted by Crippen LogP contribution is 2.24. The lowest BCUT2D eigenvalue weighted by Crippen LogP contribution is -2.27. The zero-order valence-electron chi connectivity index (χ0n) is 13.3. The van der Waals surface area contributed by atoms with Gasteiger partial charge in [0.05, 0.1) is 5.75 Å². The summed E-state index contributed by atoms with van der Waals surface area (Å²) in [5, 5.41) is 11.3. The van der Waals surface area contributed by atoms with Crippen LogP contribution in [0.3, 0.4) is 0 Å². The fraction of sp³-hybridized carbons (Fsp3) is 0.167. The van der Waals surface area contributed by atoms with E-state index in [1.807, 2.05) is 54.6 Å². The molecule has 0 saturated heterocycles. The Morgan fingerprint density at radius 1 is 1.08 bits per heavy atom. The van der Waals surface area contributed by atoms with E-state index in [4.69, 9.17) is 4.42 Å². The van der Waals surface area contributed by atoms with Gasteiger partial charge in [0.2, 0.25) is 11.8 Å². The molecule has 0 atom stereocenters. The molecule has 3 aromatic rings. The first-order valence-corrected chi connectivity index (χ1v) is 9.51. The Kier molecular flexibility index (Phi) is 6.25. The molecule has 1 heterocycles. The first-order chi connectivity index (χ1) is 12.2. The molecule has 3 rings (SSSR count). The standard InChI is InChI=1S/C18H16BrN3O2S/c19-15-8-6-14(7-9-15)17-21-22-18(24-17)25-12-16(23)20-11-10-13-4-2-1-3-5-13/h1-9H,10-12H2,(H,20,23). The molecule has 7 heteroatoms. The average molecular weight is 418 g/mol. The van der Waals surface area contributed by atoms with Crippen LogP contribution >= 0.6 is 27.7 Å². The molecule has 0 fully saturated rings.